The maximum absolute atomic E-state index is 13.2. The number of rotatable bonds is 5. The summed E-state index contributed by atoms with van der Waals surface area (Å²) in [4.78, 5) is 14.4. The minimum atomic E-state index is -4.42. The molecule has 0 heterocycles. The van der Waals surface area contributed by atoms with E-state index in [1.54, 1.807) is 24.8 Å². The minimum absolute atomic E-state index is 0. The van der Waals surface area contributed by atoms with E-state index in [1.165, 1.54) is 12.1 Å². The Morgan fingerprint density at radius 1 is 1.24 bits per heavy atom. The van der Waals surface area contributed by atoms with E-state index in [0.717, 1.165) is 31.7 Å². The number of hydrogen-bond acceptors (Lipinski definition) is 2. The fourth-order valence-electron chi connectivity index (χ4n) is 3.21. The fraction of sp³-hybridized carbons (Fsp3) is 0.611. The summed E-state index contributed by atoms with van der Waals surface area (Å²) in [7, 11) is 0. The number of carbonyl (C=O) groups is 1. The van der Waals surface area contributed by atoms with Crippen LogP contribution in [0.5, 0.6) is 0 Å². The summed E-state index contributed by atoms with van der Waals surface area (Å²) in [5.74, 6) is -0.572. The van der Waals surface area contributed by atoms with E-state index in [1.807, 2.05) is 0 Å². The van der Waals surface area contributed by atoms with Crippen LogP contribution in [0.15, 0.2) is 24.3 Å². The number of alkyl halides is 3. The lowest BCUT2D eigenvalue weighted by molar-refractivity contribution is -0.142. The molecule has 2 atom stereocenters. The van der Waals surface area contributed by atoms with Gasteiger partial charge in [-0.2, -0.15) is 13.2 Å². The first kappa shape index (κ1) is 21.8. The zero-order valence-corrected chi connectivity index (χ0v) is 15.4. The van der Waals surface area contributed by atoms with Gasteiger partial charge in [0.15, 0.2) is 0 Å². The number of nitrogens with zero attached hydrogens (tertiary/aromatic N) is 1. The van der Waals surface area contributed by atoms with Gasteiger partial charge in [-0.05, 0) is 31.4 Å². The topological polar surface area (TPSA) is 46.3 Å². The second kappa shape index (κ2) is 8.90. The van der Waals surface area contributed by atoms with Crippen LogP contribution in [0.1, 0.15) is 50.7 Å². The van der Waals surface area contributed by atoms with Gasteiger partial charge in [0.2, 0.25) is 5.91 Å². The van der Waals surface area contributed by atoms with Crippen LogP contribution in [0.2, 0.25) is 0 Å². The number of carbonyl (C=O) groups excluding carboxylic acids is 1. The zero-order chi connectivity index (χ0) is 17.9. The molecule has 0 bridgehead atoms. The first-order valence-electron chi connectivity index (χ1n) is 8.43. The van der Waals surface area contributed by atoms with E-state index in [2.05, 4.69) is 0 Å². The third-order valence-corrected chi connectivity index (χ3v) is 4.89. The Hall–Kier alpha value is -1.27. The summed E-state index contributed by atoms with van der Waals surface area (Å²) in [6.45, 7) is 3.47. The predicted molar refractivity (Wildman–Crippen MR) is 94.3 cm³/mol. The van der Waals surface area contributed by atoms with Crippen LogP contribution in [-0.2, 0) is 17.5 Å². The molecule has 0 aliphatic heterocycles. The molecule has 0 radical (unpaired) electrons. The van der Waals surface area contributed by atoms with Crippen LogP contribution in [0.4, 0.5) is 13.2 Å². The average Bonchev–Trinajstić information content (AvgIpc) is 3.04. The van der Waals surface area contributed by atoms with Crippen LogP contribution in [0.3, 0.4) is 0 Å². The van der Waals surface area contributed by atoms with Crippen molar-refractivity contribution in [2.24, 2.45) is 11.7 Å². The van der Waals surface area contributed by atoms with Crippen molar-refractivity contribution in [1.82, 2.24) is 4.90 Å². The maximum atomic E-state index is 13.2. The van der Waals surface area contributed by atoms with Gasteiger partial charge in [0.1, 0.15) is 0 Å². The van der Waals surface area contributed by atoms with Gasteiger partial charge in [-0.1, -0.05) is 38.0 Å². The molecule has 1 amide bonds. The van der Waals surface area contributed by atoms with Crippen molar-refractivity contribution in [3.8, 4) is 0 Å². The SMILES string of the molecule is CC(N)C(C)C(=O)N(Cc1ccccc1C(F)(F)F)C1CCCC1.Cl. The molecule has 1 aromatic rings. The highest BCUT2D eigenvalue weighted by Gasteiger charge is 2.36. The highest BCUT2D eigenvalue weighted by Crippen LogP contribution is 2.34. The quantitative estimate of drug-likeness (QED) is 0.826. The average molecular weight is 379 g/mol. The van der Waals surface area contributed by atoms with E-state index < -0.39 is 17.7 Å². The molecule has 7 heteroatoms. The van der Waals surface area contributed by atoms with Crippen LogP contribution in [0, 0.1) is 5.92 Å². The highest BCUT2D eigenvalue weighted by atomic mass is 35.5. The van der Waals surface area contributed by atoms with Gasteiger partial charge in [0.05, 0.1) is 11.5 Å². The number of hydrogen-bond donors (Lipinski definition) is 1. The smallest absolute Gasteiger partial charge is 0.335 e. The van der Waals surface area contributed by atoms with Crippen molar-refractivity contribution in [1.29, 1.82) is 0 Å². The largest absolute Gasteiger partial charge is 0.416 e. The third-order valence-electron chi connectivity index (χ3n) is 4.89. The standard InChI is InChI=1S/C18H25F3N2O.ClH/c1-12(13(2)22)17(24)23(15-8-4-5-9-15)11-14-7-3-6-10-16(14)18(19,20)21;/h3,6-7,10,12-13,15H,4-5,8-9,11,22H2,1-2H3;1H. The first-order valence-corrected chi connectivity index (χ1v) is 8.43. The molecule has 1 aliphatic rings. The molecule has 0 spiro atoms. The van der Waals surface area contributed by atoms with Gasteiger partial charge >= 0.3 is 6.18 Å². The van der Waals surface area contributed by atoms with Gasteiger partial charge in [0, 0.05) is 18.6 Å². The normalized spacial score (nSPS) is 17.7. The monoisotopic (exact) mass is 378 g/mol. The van der Waals surface area contributed by atoms with E-state index in [4.69, 9.17) is 5.73 Å². The predicted octanol–water partition coefficient (Wildman–Crippen LogP) is 4.38. The maximum Gasteiger partial charge on any atom is 0.416 e. The Balaban J connectivity index is 0.00000312. The lowest BCUT2D eigenvalue weighted by atomic mass is 9.99. The molecule has 25 heavy (non-hydrogen) atoms. The summed E-state index contributed by atoms with van der Waals surface area (Å²) in [5.41, 5.74) is 5.31. The molecule has 142 valence electrons. The fourth-order valence-corrected chi connectivity index (χ4v) is 3.21. The summed E-state index contributed by atoms with van der Waals surface area (Å²) in [6, 6.07) is 5.14. The lowest BCUT2D eigenvalue weighted by Crippen LogP contribution is -2.45. The molecular formula is C18H26ClF3N2O. The molecular weight excluding hydrogens is 353 g/mol. The number of benzene rings is 1. The summed E-state index contributed by atoms with van der Waals surface area (Å²) >= 11 is 0. The minimum Gasteiger partial charge on any atom is -0.335 e. The summed E-state index contributed by atoms with van der Waals surface area (Å²) in [5, 5.41) is 0. The lowest BCUT2D eigenvalue weighted by Gasteiger charge is -2.33. The molecule has 0 aromatic heterocycles. The van der Waals surface area contributed by atoms with Crippen LogP contribution < -0.4 is 5.73 Å². The van der Waals surface area contributed by atoms with Gasteiger partial charge in [-0.3, -0.25) is 4.79 Å². The Kier molecular flexibility index (Phi) is 7.75. The van der Waals surface area contributed by atoms with Crippen molar-refractivity contribution in [3.05, 3.63) is 35.4 Å². The summed E-state index contributed by atoms with van der Waals surface area (Å²) < 4.78 is 39.7. The van der Waals surface area contributed by atoms with Crippen LogP contribution in [0.25, 0.3) is 0 Å². The molecule has 1 saturated carbocycles. The van der Waals surface area contributed by atoms with Crippen LogP contribution >= 0.6 is 12.4 Å². The van der Waals surface area contributed by atoms with E-state index in [0.29, 0.717) is 0 Å². The van der Waals surface area contributed by atoms with Crippen molar-refractivity contribution < 1.29 is 18.0 Å². The van der Waals surface area contributed by atoms with Crippen LogP contribution in [-0.4, -0.2) is 22.9 Å². The Labute approximate surface area is 153 Å². The van der Waals surface area contributed by atoms with Gasteiger partial charge in [-0.25, -0.2) is 0 Å². The Bertz CT molecular complexity index is 572. The number of nitrogens with two attached hydrogens (primary N) is 1. The van der Waals surface area contributed by atoms with Crippen molar-refractivity contribution >= 4 is 18.3 Å². The van der Waals surface area contributed by atoms with Gasteiger partial charge in [0.25, 0.3) is 0 Å². The zero-order valence-electron chi connectivity index (χ0n) is 14.6. The molecule has 3 nitrogen and oxygen atoms in total. The molecule has 2 rings (SSSR count). The molecule has 1 aromatic carbocycles. The van der Waals surface area contributed by atoms with Crippen molar-refractivity contribution in [2.75, 3.05) is 0 Å². The Morgan fingerprint density at radius 3 is 2.32 bits per heavy atom. The molecule has 0 saturated heterocycles. The summed E-state index contributed by atoms with van der Waals surface area (Å²) in [6.07, 6.45) is -0.741. The highest BCUT2D eigenvalue weighted by molar-refractivity contribution is 5.85. The van der Waals surface area contributed by atoms with Crippen molar-refractivity contribution in [2.45, 2.75) is 64.3 Å². The molecule has 2 unspecified atom stereocenters. The molecule has 2 N–H and O–H groups in total. The molecule has 1 aliphatic carbocycles. The molecule has 1 fully saturated rings. The second-order valence-corrected chi connectivity index (χ2v) is 6.71. The van der Waals surface area contributed by atoms with E-state index >= 15 is 0 Å². The number of halogens is 4. The van der Waals surface area contributed by atoms with Gasteiger partial charge < -0.3 is 10.6 Å². The van der Waals surface area contributed by atoms with E-state index in [-0.39, 0.29) is 42.5 Å². The third kappa shape index (κ3) is 5.35. The van der Waals surface area contributed by atoms with E-state index in [9.17, 15) is 18.0 Å². The second-order valence-electron chi connectivity index (χ2n) is 6.71. The van der Waals surface area contributed by atoms with Gasteiger partial charge in [-0.15, -0.1) is 12.4 Å². The Morgan fingerprint density at radius 2 is 1.80 bits per heavy atom. The first-order chi connectivity index (χ1) is 11.2. The van der Waals surface area contributed by atoms with Crippen molar-refractivity contribution in [3.63, 3.8) is 0 Å². The number of amides is 1.